The first kappa shape index (κ1) is 28.1. The average molecular weight is 577 g/mol. The Morgan fingerprint density at radius 1 is 1.07 bits per heavy atom. The van der Waals surface area contributed by atoms with Gasteiger partial charge in [-0.3, -0.25) is 19.3 Å². The summed E-state index contributed by atoms with van der Waals surface area (Å²) in [6.07, 6.45) is 0. The van der Waals surface area contributed by atoms with E-state index in [1.807, 2.05) is 0 Å². The maximum Gasteiger partial charge on any atom is 0.387 e. The molecule has 1 aromatic heterocycles. The number of ether oxygens (including phenoxy) is 3. The number of carbonyl (C=O) groups is 2. The number of methoxy groups -OCH3 is 1. The lowest BCUT2D eigenvalue weighted by atomic mass is 9.92. The topological polar surface area (TPSA) is 112 Å². The van der Waals surface area contributed by atoms with Crippen LogP contribution in [0.1, 0.15) is 33.4 Å². The second-order valence-electron chi connectivity index (χ2n) is 9.54. The lowest BCUT2D eigenvalue weighted by Crippen LogP contribution is -2.44. The first-order chi connectivity index (χ1) is 19.6. The van der Waals surface area contributed by atoms with Crippen LogP contribution in [-0.4, -0.2) is 61.1 Å². The molecule has 1 N–H and O–H groups in total. The van der Waals surface area contributed by atoms with E-state index in [-0.39, 0.29) is 48.7 Å². The number of amides is 2. The van der Waals surface area contributed by atoms with Crippen LogP contribution in [0.3, 0.4) is 0 Å². The molecule has 2 aliphatic heterocycles. The van der Waals surface area contributed by atoms with Crippen molar-refractivity contribution in [1.29, 1.82) is 0 Å². The van der Waals surface area contributed by atoms with Gasteiger partial charge >= 0.3 is 6.61 Å². The molecule has 216 valence electrons. The predicted octanol–water partition coefficient (Wildman–Crippen LogP) is 2.94. The van der Waals surface area contributed by atoms with Crippen molar-refractivity contribution in [3.05, 3.63) is 81.1 Å². The molecule has 1 unspecified atom stereocenters. The number of benzene rings is 2. The standard InChI is InChI=1S/C27H24F4N4O6/c1-13-7-21(36)35(15-11-40-12-15)33-24(13)34-10-18(22-19(28)8-17(39-2)9-20(22)29)23(26(34)38)32-25(37)14-3-5-16(6-4-14)41-27(30)31/h3-9,15,18,23,27H,10-12H2,1-2H3,(H,32,37)/t18-,23?/m0/s1. The van der Waals surface area contributed by atoms with Gasteiger partial charge in [0.1, 0.15) is 35.2 Å². The SMILES string of the molecule is COc1cc(F)c([C@@H]2CN(c3nn(C4COC4)c(=O)cc3C)C(=O)C2NC(=O)c2ccc(OC(F)F)cc2)c(F)c1. The van der Waals surface area contributed by atoms with Gasteiger partial charge in [0, 0.05) is 41.8 Å². The number of alkyl halides is 2. The Balaban J connectivity index is 1.52. The van der Waals surface area contributed by atoms with E-state index in [4.69, 9.17) is 9.47 Å². The molecule has 3 aromatic rings. The number of carbonyl (C=O) groups excluding carboxylic acids is 2. The van der Waals surface area contributed by atoms with Gasteiger partial charge in [0.05, 0.1) is 20.3 Å². The van der Waals surface area contributed by atoms with E-state index < -0.39 is 53.1 Å². The van der Waals surface area contributed by atoms with Crippen LogP contribution in [0, 0.1) is 18.6 Å². The lowest BCUT2D eigenvalue weighted by molar-refractivity contribution is -0.118. The molecule has 41 heavy (non-hydrogen) atoms. The Hall–Kier alpha value is -4.46. The highest BCUT2D eigenvalue weighted by molar-refractivity contribution is 6.04. The molecule has 10 nitrogen and oxygen atoms in total. The van der Waals surface area contributed by atoms with E-state index in [1.54, 1.807) is 6.92 Å². The highest BCUT2D eigenvalue weighted by atomic mass is 19.3. The number of aromatic nitrogens is 2. The summed E-state index contributed by atoms with van der Waals surface area (Å²) in [6, 6.07) is 6.14. The smallest absolute Gasteiger partial charge is 0.387 e. The van der Waals surface area contributed by atoms with E-state index in [9.17, 15) is 23.2 Å². The second kappa shape index (κ2) is 11.2. The normalized spacial score (nSPS) is 18.9. The monoisotopic (exact) mass is 576 g/mol. The molecule has 0 radical (unpaired) electrons. The average Bonchev–Trinajstić information content (AvgIpc) is 3.19. The zero-order chi connectivity index (χ0) is 29.4. The molecule has 0 aliphatic carbocycles. The van der Waals surface area contributed by atoms with E-state index in [2.05, 4.69) is 15.2 Å². The van der Waals surface area contributed by atoms with Crippen molar-refractivity contribution in [2.45, 2.75) is 31.5 Å². The van der Waals surface area contributed by atoms with E-state index in [0.29, 0.717) is 5.56 Å². The molecule has 14 heteroatoms. The summed E-state index contributed by atoms with van der Waals surface area (Å²) in [4.78, 5) is 40.6. The summed E-state index contributed by atoms with van der Waals surface area (Å²) in [5.41, 5.74) is -0.527. The summed E-state index contributed by atoms with van der Waals surface area (Å²) in [7, 11) is 1.24. The van der Waals surface area contributed by atoms with Crippen LogP contribution in [0.25, 0.3) is 0 Å². The Morgan fingerprint density at radius 3 is 2.29 bits per heavy atom. The Kier molecular flexibility index (Phi) is 7.67. The summed E-state index contributed by atoms with van der Waals surface area (Å²) in [5.74, 6) is -4.89. The van der Waals surface area contributed by atoms with Gasteiger partial charge in [-0.25, -0.2) is 13.5 Å². The number of hydrogen-bond acceptors (Lipinski definition) is 7. The lowest BCUT2D eigenvalue weighted by Gasteiger charge is -2.28. The Labute approximate surface area is 230 Å². The number of aryl methyl sites for hydroxylation is 1. The van der Waals surface area contributed by atoms with Crippen molar-refractivity contribution in [2.24, 2.45) is 0 Å². The minimum Gasteiger partial charge on any atom is -0.497 e. The van der Waals surface area contributed by atoms with Crippen molar-refractivity contribution in [1.82, 2.24) is 15.1 Å². The highest BCUT2D eigenvalue weighted by Crippen LogP contribution is 2.37. The van der Waals surface area contributed by atoms with Gasteiger partial charge in [-0.2, -0.15) is 13.9 Å². The van der Waals surface area contributed by atoms with Crippen LogP contribution in [0.15, 0.2) is 47.3 Å². The van der Waals surface area contributed by atoms with Crippen LogP contribution in [0.5, 0.6) is 11.5 Å². The van der Waals surface area contributed by atoms with Gasteiger partial charge < -0.3 is 19.5 Å². The van der Waals surface area contributed by atoms with Crippen LogP contribution < -0.4 is 25.2 Å². The first-order valence-electron chi connectivity index (χ1n) is 12.5. The Bertz CT molecular complexity index is 1520. The summed E-state index contributed by atoms with van der Waals surface area (Å²) < 4.78 is 71.0. The zero-order valence-electron chi connectivity index (χ0n) is 21.8. The largest absolute Gasteiger partial charge is 0.497 e. The number of rotatable bonds is 8. The van der Waals surface area contributed by atoms with Crippen LogP contribution in [0.4, 0.5) is 23.4 Å². The molecular formula is C27H24F4N4O6. The number of nitrogens with zero attached hydrogens (tertiary/aromatic N) is 3. The molecule has 3 heterocycles. The zero-order valence-corrected chi connectivity index (χ0v) is 21.8. The van der Waals surface area contributed by atoms with Gasteiger partial charge in [-0.05, 0) is 36.8 Å². The maximum absolute atomic E-state index is 15.2. The fraction of sp³-hybridized carbons (Fsp3) is 0.333. The van der Waals surface area contributed by atoms with Crippen molar-refractivity contribution in [3.63, 3.8) is 0 Å². The molecule has 2 atom stereocenters. The van der Waals surface area contributed by atoms with Gasteiger partial charge in [0.2, 0.25) is 0 Å². The molecule has 0 saturated carbocycles. The molecule has 0 bridgehead atoms. The fourth-order valence-electron chi connectivity index (χ4n) is 4.83. The third kappa shape index (κ3) is 5.46. The summed E-state index contributed by atoms with van der Waals surface area (Å²) >= 11 is 0. The fourth-order valence-corrected chi connectivity index (χ4v) is 4.83. The first-order valence-corrected chi connectivity index (χ1v) is 12.5. The molecule has 5 rings (SSSR count). The third-order valence-corrected chi connectivity index (χ3v) is 6.94. The van der Waals surface area contributed by atoms with Crippen molar-refractivity contribution in [2.75, 3.05) is 31.8 Å². The van der Waals surface area contributed by atoms with Crippen molar-refractivity contribution >= 4 is 17.6 Å². The van der Waals surface area contributed by atoms with E-state index in [0.717, 1.165) is 24.3 Å². The molecule has 2 fully saturated rings. The molecule has 2 aromatic carbocycles. The Morgan fingerprint density at radius 2 is 1.73 bits per heavy atom. The van der Waals surface area contributed by atoms with Gasteiger partial charge in [0.25, 0.3) is 17.4 Å². The van der Waals surface area contributed by atoms with E-state index in [1.165, 1.54) is 34.9 Å². The molecule has 0 spiro atoms. The van der Waals surface area contributed by atoms with Crippen LogP contribution >= 0.6 is 0 Å². The van der Waals surface area contributed by atoms with Gasteiger partial charge in [-0.1, -0.05) is 0 Å². The minimum absolute atomic E-state index is 0.0138. The summed E-state index contributed by atoms with van der Waals surface area (Å²) in [6.45, 7) is -1.26. The molecule has 2 saturated heterocycles. The number of nitrogens with one attached hydrogen (secondary N) is 1. The van der Waals surface area contributed by atoms with Crippen molar-refractivity contribution < 1.29 is 41.4 Å². The highest BCUT2D eigenvalue weighted by Gasteiger charge is 2.46. The predicted molar refractivity (Wildman–Crippen MR) is 135 cm³/mol. The minimum atomic E-state index is -3.06. The van der Waals surface area contributed by atoms with Crippen LogP contribution in [0.2, 0.25) is 0 Å². The quantitative estimate of drug-likeness (QED) is 0.411. The van der Waals surface area contributed by atoms with Crippen LogP contribution in [-0.2, 0) is 9.53 Å². The third-order valence-electron chi connectivity index (χ3n) is 6.94. The van der Waals surface area contributed by atoms with Crippen molar-refractivity contribution in [3.8, 4) is 11.5 Å². The molecule has 2 amide bonds. The second-order valence-corrected chi connectivity index (χ2v) is 9.54. The maximum atomic E-state index is 15.2. The number of halogens is 4. The molecule has 2 aliphatic rings. The molecular weight excluding hydrogens is 552 g/mol. The number of hydrogen-bond donors (Lipinski definition) is 1. The summed E-state index contributed by atoms with van der Waals surface area (Å²) in [5, 5.41) is 6.89. The van der Waals surface area contributed by atoms with E-state index >= 15 is 8.78 Å². The van der Waals surface area contributed by atoms with Gasteiger partial charge in [-0.15, -0.1) is 0 Å². The number of anilines is 1. The van der Waals surface area contributed by atoms with Gasteiger partial charge in [0.15, 0.2) is 5.82 Å².